The maximum Gasteiger partial charge on any atom is 0.136 e. The van der Waals surface area contributed by atoms with E-state index in [1.165, 1.54) is 30.4 Å². The Morgan fingerprint density at radius 3 is 2.78 bits per heavy atom. The number of aryl methyl sites for hydroxylation is 2. The van der Waals surface area contributed by atoms with Crippen LogP contribution < -0.4 is 10.5 Å². The maximum absolute atomic E-state index is 6.04. The Bertz CT molecular complexity index is 402. The normalized spacial score (nSPS) is 15.5. The summed E-state index contributed by atoms with van der Waals surface area (Å²) >= 11 is 3.62. The first-order valence-corrected chi connectivity index (χ1v) is 7.62. The molecule has 1 aromatic rings. The topological polar surface area (TPSA) is 35.2 Å². The molecule has 1 aromatic carbocycles. The molecular weight excluding hydrogens is 290 g/mol. The molecule has 100 valence electrons. The van der Waals surface area contributed by atoms with Crippen molar-refractivity contribution in [3.8, 4) is 5.75 Å². The number of ether oxygens (including phenoxy) is 1. The number of rotatable bonds is 6. The Balaban J connectivity index is 2.08. The molecule has 2 rings (SSSR count). The molecule has 1 aliphatic carbocycles. The molecule has 0 atom stereocenters. The molecule has 1 saturated carbocycles. The van der Waals surface area contributed by atoms with Gasteiger partial charge in [-0.15, -0.1) is 0 Å². The Kier molecular flexibility index (Phi) is 5.07. The Morgan fingerprint density at radius 1 is 1.39 bits per heavy atom. The average Bonchev–Trinajstić information content (AvgIpc) is 2.26. The fourth-order valence-electron chi connectivity index (χ4n) is 2.30. The predicted molar refractivity (Wildman–Crippen MR) is 79.1 cm³/mol. The highest BCUT2D eigenvalue weighted by Crippen LogP contribution is 2.34. The van der Waals surface area contributed by atoms with Gasteiger partial charge in [-0.25, -0.2) is 0 Å². The van der Waals surface area contributed by atoms with Gasteiger partial charge in [0.25, 0.3) is 0 Å². The van der Waals surface area contributed by atoms with Gasteiger partial charge in [0.1, 0.15) is 5.75 Å². The summed E-state index contributed by atoms with van der Waals surface area (Å²) in [7, 11) is 0. The smallest absolute Gasteiger partial charge is 0.136 e. The van der Waals surface area contributed by atoms with E-state index in [-0.39, 0.29) is 0 Å². The second kappa shape index (κ2) is 6.58. The molecule has 0 aromatic heterocycles. The third-order valence-corrected chi connectivity index (χ3v) is 4.19. The standard InChI is InChI=1S/C15H22BrNO/c1-11-8-13(6-3-7-17)15(14(16)9-11)18-10-12-4-2-5-12/h8-9,12H,2-7,10,17H2,1H3. The van der Waals surface area contributed by atoms with E-state index in [1.807, 2.05) is 0 Å². The third-order valence-electron chi connectivity index (χ3n) is 3.60. The Hall–Kier alpha value is -0.540. The second-order valence-corrected chi connectivity index (χ2v) is 6.09. The van der Waals surface area contributed by atoms with E-state index in [2.05, 4.69) is 35.0 Å². The number of benzene rings is 1. The van der Waals surface area contributed by atoms with Crippen molar-refractivity contribution in [3.05, 3.63) is 27.7 Å². The largest absolute Gasteiger partial charge is 0.492 e. The van der Waals surface area contributed by atoms with Gasteiger partial charge >= 0.3 is 0 Å². The molecule has 1 fully saturated rings. The van der Waals surface area contributed by atoms with Gasteiger partial charge in [-0.05, 0) is 78.2 Å². The molecule has 0 spiro atoms. The molecule has 0 saturated heterocycles. The molecule has 2 N–H and O–H groups in total. The van der Waals surface area contributed by atoms with Crippen LogP contribution in [0.1, 0.15) is 36.8 Å². The first kappa shape index (κ1) is 13.9. The number of hydrogen-bond acceptors (Lipinski definition) is 2. The van der Waals surface area contributed by atoms with Crippen LogP contribution in [-0.4, -0.2) is 13.2 Å². The van der Waals surface area contributed by atoms with Gasteiger partial charge in [0.2, 0.25) is 0 Å². The van der Waals surface area contributed by atoms with E-state index in [0.29, 0.717) is 0 Å². The van der Waals surface area contributed by atoms with E-state index >= 15 is 0 Å². The van der Waals surface area contributed by atoms with Gasteiger partial charge in [-0.1, -0.05) is 12.5 Å². The van der Waals surface area contributed by atoms with E-state index in [0.717, 1.165) is 42.1 Å². The lowest BCUT2D eigenvalue weighted by Crippen LogP contribution is -2.20. The Morgan fingerprint density at radius 2 is 2.17 bits per heavy atom. The monoisotopic (exact) mass is 311 g/mol. The highest BCUT2D eigenvalue weighted by Gasteiger charge is 2.19. The van der Waals surface area contributed by atoms with E-state index in [9.17, 15) is 0 Å². The molecule has 0 amide bonds. The Labute approximate surface area is 118 Å². The zero-order chi connectivity index (χ0) is 13.0. The van der Waals surface area contributed by atoms with Gasteiger partial charge in [-0.2, -0.15) is 0 Å². The van der Waals surface area contributed by atoms with Crippen molar-refractivity contribution in [3.63, 3.8) is 0 Å². The minimum Gasteiger partial charge on any atom is -0.492 e. The third kappa shape index (κ3) is 3.48. The summed E-state index contributed by atoms with van der Waals surface area (Å²) in [5.41, 5.74) is 8.16. The van der Waals surface area contributed by atoms with Gasteiger partial charge in [0.05, 0.1) is 11.1 Å². The second-order valence-electron chi connectivity index (χ2n) is 5.24. The van der Waals surface area contributed by atoms with E-state index in [1.54, 1.807) is 0 Å². The van der Waals surface area contributed by atoms with Crippen molar-refractivity contribution < 1.29 is 4.74 Å². The fourth-order valence-corrected chi connectivity index (χ4v) is 3.03. The predicted octanol–water partition coefficient (Wildman–Crippen LogP) is 3.83. The SMILES string of the molecule is Cc1cc(Br)c(OCC2CCC2)c(CCCN)c1. The summed E-state index contributed by atoms with van der Waals surface area (Å²) in [6, 6.07) is 4.35. The lowest BCUT2D eigenvalue weighted by molar-refractivity contribution is 0.178. The lowest BCUT2D eigenvalue weighted by Gasteiger charge is -2.26. The molecule has 3 heteroatoms. The van der Waals surface area contributed by atoms with Crippen molar-refractivity contribution in [1.82, 2.24) is 0 Å². The minimum absolute atomic E-state index is 0.730. The van der Waals surface area contributed by atoms with E-state index < -0.39 is 0 Å². The number of halogens is 1. The molecule has 2 nitrogen and oxygen atoms in total. The number of hydrogen-bond donors (Lipinski definition) is 1. The lowest BCUT2D eigenvalue weighted by atomic mass is 9.86. The van der Waals surface area contributed by atoms with Crippen molar-refractivity contribution in [2.24, 2.45) is 11.7 Å². The van der Waals surface area contributed by atoms with Crippen molar-refractivity contribution in [2.75, 3.05) is 13.2 Å². The van der Waals surface area contributed by atoms with Crippen molar-refractivity contribution in [2.45, 2.75) is 39.0 Å². The summed E-state index contributed by atoms with van der Waals surface area (Å²) in [5.74, 6) is 1.79. The minimum atomic E-state index is 0.730. The fraction of sp³-hybridized carbons (Fsp3) is 0.600. The van der Waals surface area contributed by atoms with Crippen LogP contribution in [0.2, 0.25) is 0 Å². The van der Waals surface area contributed by atoms with Crippen LogP contribution in [0.5, 0.6) is 5.75 Å². The molecule has 0 aliphatic heterocycles. The summed E-state index contributed by atoms with van der Waals surface area (Å²) in [5, 5.41) is 0. The molecule has 0 radical (unpaired) electrons. The summed E-state index contributed by atoms with van der Waals surface area (Å²) < 4.78 is 7.11. The van der Waals surface area contributed by atoms with Gasteiger partial charge in [0, 0.05) is 0 Å². The molecule has 0 unspecified atom stereocenters. The van der Waals surface area contributed by atoms with Crippen molar-refractivity contribution >= 4 is 15.9 Å². The van der Waals surface area contributed by atoms with Crippen LogP contribution in [0, 0.1) is 12.8 Å². The molecule has 0 bridgehead atoms. The first-order chi connectivity index (χ1) is 8.70. The van der Waals surface area contributed by atoms with Crippen molar-refractivity contribution in [1.29, 1.82) is 0 Å². The van der Waals surface area contributed by atoms with Crippen LogP contribution in [0.3, 0.4) is 0 Å². The van der Waals surface area contributed by atoms with Crippen LogP contribution in [0.4, 0.5) is 0 Å². The van der Waals surface area contributed by atoms with E-state index in [4.69, 9.17) is 10.5 Å². The van der Waals surface area contributed by atoms with Crippen LogP contribution >= 0.6 is 15.9 Å². The highest BCUT2D eigenvalue weighted by atomic mass is 79.9. The van der Waals surface area contributed by atoms with Gasteiger partial charge in [-0.3, -0.25) is 0 Å². The van der Waals surface area contributed by atoms with Gasteiger partial charge < -0.3 is 10.5 Å². The van der Waals surface area contributed by atoms with Crippen LogP contribution in [-0.2, 0) is 6.42 Å². The molecular formula is C15H22BrNO. The first-order valence-electron chi connectivity index (χ1n) is 6.82. The quantitative estimate of drug-likeness (QED) is 0.866. The molecule has 18 heavy (non-hydrogen) atoms. The summed E-state index contributed by atoms with van der Waals surface area (Å²) in [6.45, 7) is 3.71. The average molecular weight is 312 g/mol. The summed E-state index contributed by atoms with van der Waals surface area (Å²) in [6.07, 6.45) is 6.01. The van der Waals surface area contributed by atoms with Crippen LogP contribution in [0.15, 0.2) is 16.6 Å². The molecule has 0 heterocycles. The zero-order valence-electron chi connectivity index (χ0n) is 11.0. The van der Waals surface area contributed by atoms with Crippen LogP contribution in [0.25, 0.3) is 0 Å². The number of nitrogens with two attached hydrogens (primary N) is 1. The maximum atomic E-state index is 6.04. The zero-order valence-corrected chi connectivity index (χ0v) is 12.6. The highest BCUT2D eigenvalue weighted by molar-refractivity contribution is 9.10. The summed E-state index contributed by atoms with van der Waals surface area (Å²) in [4.78, 5) is 0. The molecule has 1 aliphatic rings. The van der Waals surface area contributed by atoms with Gasteiger partial charge in [0.15, 0.2) is 0 Å².